The highest BCUT2D eigenvalue weighted by Gasteiger charge is 2.04. The Morgan fingerprint density at radius 2 is 2.13 bits per heavy atom. The van der Waals surface area contributed by atoms with Crippen LogP contribution in [0.1, 0.15) is 10.4 Å². The van der Waals surface area contributed by atoms with Crippen molar-refractivity contribution in [3.05, 3.63) is 40.2 Å². The third kappa shape index (κ3) is 1.61. The summed E-state index contributed by atoms with van der Waals surface area (Å²) < 4.78 is 9.95. The van der Waals surface area contributed by atoms with E-state index in [1.807, 2.05) is 0 Å². The van der Waals surface area contributed by atoms with Crippen LogP contribution in [-0.2, 0) is 0 Å². The third-order valence-corrected chi connectivity index (χ3v) is 2.10. The number of methoxy groups -OCH3 is 1. The SMILES string of the molecule is COc1ccc2cc(C=O)c(=O)oc2c1. The van der Waals surface area contributed by atoms with Crippen molar-refractivity contribution in [2.45, 2.75) is 0 Å². The van der Waals surface area contributed by atoms with Gasteiger partial charge in [0.2, 0.25) is 0 Å². The van der Waals surface area contributed by atoms with Crippen molar-refractivity contribution < 1.29 is 13.9 Å². The molecule has 0 unspecified atom stereocenters. The molecule has 2 rings (SSSR count). The summed E-state index contributed by atoms with van der Waals surface area (Å²) in [5.41, 5.74) is -0.205. The predicted molar refractivity (Wildman–Crippen MR) is 54.4 cm³/mol. The number of fused-ring (bicyclic) bond motifs is 1. The largest absolute Gasteiger partial charge is 0.497 e. The molecular formula is C11H8O4. The van der Waals surface area contributed by atoms with Crippen LogP contribution in [0, 0.1) is 0 Å². The maximum absolute atomic E-state index is 11.2. The third-order valence-electron chi connectivity index (χ3n) is 2.10. The summed E-state index contributed by atoms with van der Waals surface area (Å²) in [6.07, 6.45) is 0.482. The molecule has 0 atom stereocenters. The first kappa shape index (κ1) is 9.45. The first-order valence-electron chi connectivity index (χ1n) is 4.31. The van der Waals surface area contributed by atoms with E-state index >= 15 is 0 Å². The zero-order valence-corrected chi connectivity index (χ0v) is 8.02. The molecule has 0 amide bonds. The molecule has 15 heavy (non-hydrogen) atoms. The van der Waals surface area contributed by atoms with E-state index in [1.165, 1.54) is 13.2 Å². The minimum atomic E-state index is -0.634. The summed E-state index contributed by atoms with van der Waals surface area (Å²) in [5, 5.41) is 0.692. The number of carbonyl (C=O) groups is 1. The smallest absolute Gasteiger partial charge is 0.346 e. The van der Waals surface area contributed by atoms with Crippen LogP contribution in [0.3, 0.4) is 0 Å². The van der Waals surface area contributed by atoms with E-state index in [4.69, 9.17) is 9.15 Å². The summed E-state index contributed by atoms with van der Waals surface area (Å²) in [6, 6.07) is 6.56. The number of aldehydes is 1. The standard InChI is InChI=1S/C11H8O4/c1-14-9-3-2-7-4-8(6-12)11(13)15-10(7)5-9/h2-6H,1H3. The Morgan fingerprint density at radius 1 is 1.33 bits per heavy atom. The summed E-state index contributed by atoms with van der Waals surface area (Å²) in [5.74, 6) is 0.601. The second-order valence-corrected chi connectivity index (χ2v) is 3.01. The van der Waals surface area contributed by atoms with E-state index in [1.54, 1.807) is 18.2 Å². The van der Waals surface area contributed by atoms with Gasteiger partial charge in [0.25, 0.3) is 0 Å². The molecule has 0 radical (unpaired) electrons. The minimum Gasteiger partial charge on any atom is -0.497 e. The van der Waals surface area contributed by atoms with E-state index < -0.39 is 5.63 Å². The van der Waals surface area contributed by atoms with Crippen LogP contribution in [0.5, 0.6) is 5.75 Å². The van der Waals surface area contributed by atoms with Gasteiger partial charge in [0.15, 0.2) is 6.29 Å². The molecule has 1 aromatic carbocycles. The molecule has 4 nitrogen and oxygen atoms in total. The molecular weight excluding hydrogens is 196 g/mol. The highest BCUT2D eigenvalue weighted by molar-refractivity contribution is 5.84. The van der Waals surface area contributed by atoms with Gasteiger partial charge in [-0.3, -0.25) is 4.79 Å². The highest BCUT2D eigenvalue weighted by atomic mass is 16.5. The van der Waals surface area contributed by atoms with Gasteiger partial charge in [0.1, 0.15) is 16.9 Å². The quantitative estimate of drug-likeness (QED) is 0.551. The fourth-order valence-electron chi connectivity index (χ4n) is 1.32. The van der Waals surface area contributed by atoms with E-state index in [9.17, 15) is 9.59 Å². The lowest BCUT2D eigenvalue weighted by Crippen LogP contribution is -2.05. The van der Waals surface area contributed by atoms with Crippen molar-refractivity contribution in [1.29, 1.82) is 0 Å². The molecule has 0 saturated heterocycles. The predicted octanol–water partition coefficient (Wildman–Crippen LogP) is 1.61. The molecule has 1 aromatic heterocycles. The zero-order valence-electron chi connectivity index (χ0n) is 8.02. The van der Waals surface area contributed by atoms with Crippen LogP contribution in [0.15, 0.2) is 33.5 Å². The Morgan fingerprint density at radius 3 is 2.80 bits per heavy atom. The highest BCUT2D eigenvalue weighted by Crippen LogP contribution is 2.19. The Balaban J connectivity index is 2.75. The Kier molecular flexibility index (Phi) is 2.25. The number of rotatable bonds is 2. The lowest BCUT2D eigenvalue weighted by atomic mass is 10.2. The van der Waals surface area contributed by atoms with E-state index in [-0.39, 0.29) is 5.56 Å². The molecule has 1 heterocycles. The molecule has 0 saturated carbocycles. The van der Waals surface area contributed by atoms with Gasteiger partial charge in [0.05, 0.1) is 7.11 Å². The lowest BCUT2D eigenvalue weighted by molar-refractivity contribution is 0.112. The van der Waals surface area contributed by atoms with Gasteiger partial charge in [-0.25, -0.2) is 4.79 Å². The summed E-state index contributed by atoms with van der Waals surface area (Å²) in [6.45, 7) is 0. The number of ether oxygens (including phenoxy) is 1. The number of hydrogen-bond acceptors (Lipinski definition) is 4. The van der Waals surface area contributed by atoms with Crippen molar-refractivity contribution in [1.82, 2.24) is 0 Å². The van der Waals surface area contributed by atoms with Crippen LogP contribution in [0.25, 0.3) is 11.0 Å². The second-order valence-electron chi connectivity index (χ2n) is 3.01. The normalized spacial score (nSPS) is 10.2. The molecule has 0 fully saturated rings. The molecule has 0 aliphatic heterocycles. The number of hydrogen-bond donors (Lipinski definition) is 0. The molecule has 0 aliphatic rings. The van der Waals surface area contributed by atoms with Crippen molar-refractivity contribution in [3.63, 3.8) is 0 Å². The van der Waals surface area contributed by atoms with Crippen molar-refractivity contribution in [2.75, 3.05) is 7.11 Å². The van der Waals surface area contributed by atoms with Crippen molar-refractivity contribution in [2.24, 2.45) is 0 Å². The van der Waals surface area contributed by atoms with Crippen LogP contribution in [0.2, 0.25) is 0 Å². The Labute approximate surface area is 85.1 Å². The monoisotopic (exact) mass is 204 g/mol. The van der Waals surface area contributed by atoms with Crippen molar-refractivity contribution in [3.8, 4) is 5.75 Å². The van der Waals surface area contributed by atoms with Crippen LogP contribution < -0.4 is 10.4 Å². The van der Waals surface area contributed by atoms with Gasteiger partial charge in [-0.05, 0) is 18.2 Å². The van der Waals surface area contributed by atoms with E-state index in [2.05, 4.69) is 0 Å². The Hall–Kier alpha value is -2.10. The fraction of sp³-hybridized carbons (Fsp3) is 0.0909. The maximum atomic E-state index is 11.2. The van der Waals surface area contributed by atoms with Gasteiger partial charge in [-0.2, -0.15) is 0 Å². The molecule has 0 spiro atoms. The lowest BCUT2D eigenvalue weighted by Gasteiger charge is -2.01. The maximum Gasteiger partial charge on any atom is 0.346 e. The average Bonchev–Trinajstić information content (AvgIpc) is 2.27. The average molecular weight is 204 g/mol. The van der Waals surface area contributed by atoms with E-state index in [0.717, 1.165) is 0 Å². The zero-order chi connectivity index (χ0) is 10.8. The summed E-state index contributed by atoms with van der Waals surface area (Å²) >= 11 is 0. The Bertz CT molecular complexity index is 568. The second kappa shape index (κ2) is 3.57. The number of carbonyl (C=O) groups excluding carboxylic acids is 1. The molecule has 0 N–H and O–H groups in total. The summed E-state index contributed by atoms with van der Waals surface area (Å²) in [4.78, 5) is 21.7. The van der Waals surface area contributed by atoms with E-state index in [0.29, 0.717) is 23.0 Å². The van der Waals surface area contributed by atoms with Crippen LogP contribution in [-0.4, -0.2) is 13.4 Å². The molecule has 4 heteroatoms. The molecule has 0 aliphatic carbocycles. The van der Waals surface area contributed by atoms with Crippen LogP contribution >= 0.6 is 0 Å². The minimum absolute atomic E-state index is 0.0210. The van der Waals surface area contributed by atoms with Gasteiger partial charge in [0, 0.05) is 11.5 Å². The fourth-order valence-corrected chi connectivity index (χ4v) is 1.32. The molecule has 76 valence electrons. The summed E-state index contributed by atoms with van der Waals surface area (Å²) in [7, 11) is 1.53. The molecule has 2 aromatic rings. The van der Waals surface area contributed by atoms with Crippen molar-refractivity contribution >= 4 is 17.3 Å². The molecule has 0 bridgehead atoms. The first-order valence-corrected chi connectivity index (χ1v) is 4.31. The topological polar surface area (TPSA) is 56.5 Å². The first-order chi connectivity index (χ1) is 7.24. The van der Waals surface area contributed by atoms with Gasteiger partial charge in [-0.15, -0.1) is 0 Å². The number of benzene rings is 1. The van der Waals surface area contributed by atoms with Crippen LogP contribution in [0.4, 0.5) is 0 Å². The van der Waals surface area contributed by atoms with Gasteiger partial charge < -0.3 is 9.15 Å². The van der Waals surface area contributed by atoms with Gasteiger partial charge in [-0.1, -0.05) is 0 Å². The van der Waals surface area contributed by atoms with Gasteiger partial charge >= 0.3 is 5.63 Å².